The molecule has 34 heavy (non-hydrogen) atoms. The highest BCUT2D eigenvalue weighted by Crippen LogP contribution is 2.78. The van der Waals surface area contributed by atoms with Crippen molar-refractivity contribution < 1.29 is 9.53 Å². The summed E-state index contributed by atoms with van der Waals surface area (Å²) in [5, 5.41) is 0. The highest BCUT2D eigenvalue weighted by molar-refractivity contribution is 5.66. The Kier molecular flexibility index (Phi) is 5.57. The molecule has 2 nitrogen and oxygen atoms in total. The van der Waals surface area contributed by atoms with Gasteiger partial charge in [-0.1, -0.05) is 53.7 Å². The largest absolute Gasteiger partial charge is 0.462 e. The number of hydrogen-bond acceptors (Lipinski definition) is 2. The number of fused-ring (bicyclic) bond motifs is 7. The first-order valence-electron chi connectivity index (χ1n) is 14.5. The molecule has 192 valence electrons. The van der Waals surface area contributed by atoms with Crippen molar-refractivity contribution in [1.82, 2.24) is 0 Å². The van der Waals surface area contributed by atoms with E-state index in [0.29, 0.717) is 27.6 Å². The van der Waals surface area contributed by atoms with Gasteiger partial charge in [0.15, 0.2) is 0 Å². The highest BCUT2D eigenvalue weighted by Gasteiger charge is 2.71. The van der Waals surface area contributed by atoms with Gasteiger partial charge in [0, 0.05) is 12.3 Å². The summed E-state index contributed by atoms with van der Waals surface area (Å²) in [6, 6.07) is 0. The molecule has 0 heterocycles. The monoisotopic (exact) mass is 468 g/mol. The Labute approximate surface area is 210 Å². The van der Waals surface area contributed by atoms with Crippen molar-refractivity contribution in [3.05, 3.63) is 12.2 Å². The summed E-state index contributed by atoms with van der Waals surface area (Å²) >= 11 is 0. The molecular formula is C32H52O2. The molecule has 0 aliphatic heterocycles. The van der Waals surface area contributed by atoms with E-state index in [1.165, 1.54) is 63.4 Å². The number of allylic oxidation sites excluding steroid dienone is 1. The second-order valence-electron chi connectivity index (χ2n) is 15.2. The van der Waals surface area contributed by atoms with E-state index in [4.69, 9.17) is 4.74 Å². The van der Waals surface area contributed by atoms with Gasteiger partial charge in [0.05, 0.1) is 0 Å². The van der Waals surface area contributed by atoms with Crippen LogP contribution in [0.1, 0.15) is 120 Å². The summed E-state index contributed by atoms with van der Waals surface area (Å²) in [5.74, 6) is 3.79. The molecule has 2 heteroatoms. The Morgan fingerprint density at radius 2 is 1.26 bits per heavy atom. The fourth-order valence-corrected chi connectivity index (χ4v) is 12.2. The number of carbonyl (C=O) groups excluding carboxylic acids is 1. The van der Waals surface area contributed by atoms with Gasteiger partial charge in [-0.2, -0.15) is 0 Å². The van der Waals surface area contributed by atoms with E-state index in [1.807, 2.05) is 0 Å². The van der Waals surface area contributed by atoms with E-state index < -0.39 is 0 Å². The van der Waals surface area contributed by atoms with Crippen LogP contribution < -0.4 is 0 Å². The summed E-state index contributed by atoms with van der Waals surface area (Å²) < 4.78 is 5.91. The van der Waals surface area contributed by atoms with Crippen LogP contribution in [0.15, 0.2) is 12.2 Å². The van der Waals surface area contributed by atoms with Crippen molar-refractivity contribution in [2.75, 3.05) is 0 Å². The molecule has 5 fully saturated rings. The van der Waals surface area contributed by atoms with Crippen molar-refractivity contribution in [3.63, 3.8) is 0 Å². The van der Waals surface area contributed by atoms with Crippen LogP contribution in [0.4, 0.5) is 0 Å². The topological polar surface area (TPSA) is 26.3 Å². The molecule has 10 atom stereocenters. The molecule has 5 aliphatic carbocycles. The fourth-order valence-electron chi connectivity index (χ4n) is 12.2. The third-order valence-corrected chi connectivity index (χ3v) is 13.8. The van der Waals surface area contributed by atoms with Gasteiger partial charge in [0.2, 0.25) is 0 Å². The van der Waals surface area contributed by atoms with Crippen LogP contribution in [0.3, 0.4) is 0 Å². The maximum atomic E-state index is 11.9. The lowest BCUT2D eigenvalue weighted by Gasteiger charge is -2.73. The van der Waals surface area contributed by atoms with Gasteiger partial charge in [0.1, 0.15) is 6.10 Å². The molecule has 0 bridgehead atoms. The Bertz CT molecular complexity index is 872. The Balaban J connectivity index is 1.48. The van der Waals surface area contributed by atoms with Gasteiger partial charge >= 0.3 is 5.97 Å². The van der Waals surface area contributed by atoms with E-state index in [1.54, 1.807) is 6.92 Å². The normalized spacial score (nSPS) is 53.6. The van der Waals surface area contributed by atoms with Crippen LogP contribution in [0.25, 0.3) is 0 Å². The average Bonchev–Trinajstić information content (AvgIpc) is 3.08. The van der Waals surface area contributed by atoms with E-state index in [2.05, 4.69) is 55.0 Å². The van der Waals surface area contributed by atoms with Gasteiger partial charge in [-0.3, -0.25) is 4.79 Å². The zero-order valence-electron chi connectivity index (χ0n) is 23.6. The van der Waals surface area contributed by atoms with Crippen LogP contribution in [0.5, 0.6) is 0 Å². The predicted molar refractivity (Wildman–Crippen MR) is 140 cm³/mol. The lowest BCUT2D eigenvalue weighted by atomic mass is 9.32. The first-order chi connectivity index (χ1) is 15.7. The second kappa shape index (κ2) is 7.61. The van der Waals surface area contributed by atoms with E-state index in [9.17, 15) is 4.79 Å². The Morgan fingerprint density at radius 1 is 0.706 bits per heavy atom. The van der Waals surface area contributed by atoms with Crippen molar-refractivity contribution in [2.45, 2.75) is 126 Å². The molecule has 5 saturated carbocycles. The first-order valence-corrected chi connectivity index (χ1v) is 14.5. The minimum atomic E-state index is -0.107. The number of carbonyl (C=O) groups is 1. The van der Waals surface area contributed by atoms with Crippen molar-refractivity contribution in [2.24, 2.45) is 56.7 Å². The summed E-state index contributed by atoms with van der Waals surface area (Å²) in [6.45, 7) is 23.9. The predicted octanol–water partition coefficient (Wildman–Crippen LogP) is 8.60. The number of rotatable bonds is 2. The Morgan fingerprint density at radius 3 is 1.85 bits per heavy atom. The summed E-state index contributed by atoms with van der Waals surface area (Å²) in [4.78, 5) is 11.9. The number of hydrogen-bond donors (Lipinski definition) is 0. The lowest BCUT2D eigenvalue weighted by Crippen LogP contribution is -2.67. The highest BCUT2D eigenvalue weighted by atomic mass is 16.5. The number of ether oxygens (including phenoxy) is 1. The second-order valence-corrected chi connectivity index (χ2v) is 15.2. The smallest absolute Gasteiger partial charge is 0.302 e. The van der Waals surface area contributed by atoms with Crippen LogP contribution in [-0.2, 0) is 9.53 Å². The number of esters is 1. The molecule has 0 aromatic rings. The molecule has 5 rings (SSSR count). The van der Waals surface area contributed by atoms with E-state index >= 15 is 0 Å². The van der Waals surface area contributed by atoms with Crippen LogP contribution in [0.2, 0.25) is 0 Å². The summed E-state index contributed by atoms with van der Waals surface area (Å²) in [5.41, 5.74) is 3.21. The molecule has 5 aliphatic rings. The van der Waals surface area contributed by atoms with Gasteiger partial charge in [-0.25, -0.2) is 0 Å². The molecule has 0 radical (unpaired) electrons. The van der Waals surface area contributed by atoms with Crippen molar-refractivity contribution in [3.8, 4) is 0 Å². The SMILES string of the molecule is C=C(C)[C@@H]1CC[C@]2(C)[C@H]3CCC4[C@@]5(C)CC[C@@H](OC(C)=O)C(C)(C)[C@@H]5CC[C@@]4(C)[C@]3(C)CC[C@@H]12. The van der Waals surface area contributed by atoms with Gasteiger partial charge < -0.3 is 4.74 Å². The standard InChI is InChI=1S/C32H52O2/c1-20(2)22-12-16-29(6)23(22)13-18-31(8)25(29)10-11-26-30(7)17-15-27(34-21(3)33)28(4,5)24(30)14-19-32(26,31)9/h22-27H,1,10-19H2,2-9H3/t22-,23-,24-,25+,26?,27+,29-,30-,31+,32+/m0/s1. The quantitative estimate of drug-likeness (QED) is 0.299. The summed E-state index contributed by atoms with van der Waals surface area (Å²) in [7, 11) is 0. The van der Waals surface area contributed by atoms with Gasteiger partial charge in [-0.15, -0.1) is 0 Å². The molecule has 0 saturated heterocycles. The molecule has 0 N–H and O–H groups in total. The van der Waals surface area contributed by atoms with E-state index in [-0.39, 0.29) is 17.5 Å². The molecule has 0 spiro atoms. The van der Waals surface area contributed by atoms with Gasteiger partial charge in [0.25, 0.3) is 0 Å². The zero-order chi connectivity index (χ0) is 24.9. The van der Waals surface area contributed by atoms with Crippen molar-refractivity contribution in [1.29, 1.82) is 0 Å². The molecule has 0 aromatic carbocycles. The molecule has 1 unspecified atom stereocenters. The summed E-state index contributed by atoms with van der Waals surface area (Å²) in [6.07, 6.45) is 13.4. The lowest BCUT2D eigenvalue weighted by molar-refractivity contribution is -0.253. The third-order valence-electron chi connectivity index (χ3n) is 13.8. The average molecular weight is 469 g/mol. The van der Waals surface area contributed by atoms with Crippen LogP contribution in [0, 0.1) is 56.7 Å². The Hall–Kier alpha value is -0.790. The molecule has 0 aromatic heterocycles. The fraction of sp³-hybridized carbons (Fsp3) is 0.906. The molecular weight excluding hydrogens is 416 g/mol. The third kappa shape index (κ3) is 3.01. The first kappa shape index (κ1) is 24.9. The van der Waals surface area contributed by atoms with Crippen LogP contribution in [-0.4, -0.2) is 12.1 Å². The minimum Gasteiger partial charge on any atom is -0.462 e. The van der Waals surface area contributed by atoms with Crippen LogP contribution >= 0.6 is 0 Å². The maximum absolute atomic E-state index is 11.9. The molecule has 0 amide bonds. The van der Waals surface area contributed by atoms with Gasteiger partial charge in [-0.05, 0) is 122 Å². The zero-order valence-corrected chi connectivity index (χ0v) is 23.6. The minimum absolute atomic E-state index is 0.0571. The van der Waals surface area contributed by atoms with E-state index in [0.717, 1.165) is 30.1 Å². The maximum Gasteiger partial charge on any atom is 0.302 e. The van der Waals surface area contributed by atoms with Crippen molar-refractivity contribution >= 4 is 5.97 Å².